The number of benzene rings is 1. The first-order valence-electron chi connectivity index (χ1n) is 8.38. The van der Waals surface area contributed by atoms with Gasteiger partial charge >= 0.3 is 0 Å². The van der Waals surface area contributed by atoms with Crippen molar-refractivity contribution < 1.29 is 4.79 Å². The van der Waals surface area contributed by atoms with E-state index in [-0.39, 0.29) is 11.4 Å². The molecule has 0 spiro atoms. The van der Waals surface area contributed by atoms with Crippen LogP contribution in [0.15, 0.2) is 36.5 Å². The molecule has 1 aromatic carbocycles. The van der Waals surface area contributed by atoms with Gasteiger partial charge in [0.05, 0.1) is 6.20 Å². The first-order chi connectivity index (χ1) is 12.2. The van der Waals surface area contributed by atoms with E-state index in [1.54, 1.807) is 0 Å². The minimum Gasteiger partial charge on any atom is -0.367 e. The maximum Gasteiger partial charge on any atom is 0.270 e. The summed E-state index contributed by atoms with van der Waals surface area (Å²) in [6.45, 7) is 9.01. The second-order valence-corrected chi connectivity index (χ2v) is 4.15. The Morgan fingerprint density at radius 2 is 1.76 bits per heavy atom. The van der Waals surface area contributed by atoms with Gasteiger partial charge < -0.3 is 16.8 Å². The summed E-state index contributed by atoms with van der Waals surface area (Å²) in [6, 6.07) is 9.38. The Bertz CT molecular complexity index is 690. The molecule has 2 aromatic rings. The Kier molecular flexibility index (Phi) is 11.9. The molecule has 0 unspecified atom stereocenters. The number of carbonyl (C=O) groups excluding carboxylic acids is 1. The molecule has 0 atom stereocenters. The van der Waals surface area contributed by atoms with Gasteiger partial charge in [-0.3, -0.25) is 4.79 Å². The van der Waals surface area contributed by atoms with Crippen molar-refractivity contribution in [2.24, 2.45) is 11.5 Å². The summed E-state index contributed by atoms with van der Waals surface area (Å²) in [4.78, 5) is 19.6. The summed E-state index contributed by atoms with van der Waals surface area (Å²) in [6.07, 6.45) is 1.43. The van der Waals surface area contributed by atoms with Gasteiger partial charge in [-0.15, -0.1) is 0 Å². The Morgan fingerprint density at radius 1 is 1.12 bits per heavy atom. The number of primary amides is 1. The molecule has 0 aliphatic heterocycles. The highest BCUT2D eigenvalue weighted by Crippen LogP contribution is 2.07. The zero-order chi connectivity index (χ0) is 19.1. The van der Waals surface area contributed by atoms with Gasteiger partial charge in [0.25, 0.3) is 5.91 Å². The van der Waals surface area contributed by atoms with E-state index in [1.165, 1.54) is 6.20 Å². The molecule has 1 amide bonds. The Labute approximate surface area is 150 Å². The first-order valence-corrected chi connectivity index (χ1v) is 8.38. The molecule has 0 bridgehead atoms. The molecule has 6 nitrogen and oxygen atoms in total. The summed E-state index contributed by atoms with van der Waals surface area (Å²) in [5.41, 5.74) is 11.8. The minimum absolute atomic E-state index is 0.0525. The van der Waals surface area contributed by atoms with Crippen LogP contribution in [0.5, 0.6) is 0 Å². The molecule has 5 N–H and O–H groups in total. The number of nitrogens with zero attached hydrogens (tertiary/aromatic N) is 2. The van der Waals surface area contributed by atoms with Crippen molar-refractivity contribution in [2.45, 2.75) is 27.7 Å². The molecule has 0 radical (unpaired) electrons. The van der Waals surface area contributed by atoms with Crippen molar-refractivity contribution in [1.82, 2.24) is 9.97 Å². The fourth-order valence-corrected chi connectivity index (χ4v) is 1.59. The summed E-state index contributed by atoms with van der Waals surface area (Å²) < 4.78 is 0. The highest BCUT2D eigenvalue weighted by molar-refractivity contribution is 5.93. The lowest BCUT2D eigenvalue weighted by Gasteiger charge is -2.05. The third-order valence-electron chi connectivity index (χ3n) is 2.56. The molecule has 0 saturated carbocycles. The van der Waals surface area contributed by atoms with Crippen molar-refractivity contribution in [3.8, 4) is 11.8 Å². The molecule has 1 aromatic heterocycles. The zero-order valence-electron chi connectivity index (χ0n) is 15.3. The van der Waals surface area contributed by atoms with Crippen molar-refractivity contribution in [3.63, 3.8) is 0 Å². The predicted molar refractivity (Wildman–Crippen MR) is 103 cm³/mol. The number of carbonyl (C=O) groups is 1. The molecule has 1 heterocycles. The molecular weight excluding hydrogens is 314 g/mol. The SMILES string of the molecule is CC.CC.NCCNc1cnc(C(N)=O)c(C#Cc2ccccc2)n1. The minimum atomic E-state index is -0.662. The van der Waals surface area contributed by atoms with Crippen molar-refractivity contribution in [1.29, 1.82) is 0 Å². The van der Waals surface area contributed by atoms with Gasteiger partial charge in [-0.1, -0.05) is 51.8 Å². The van der Waals surface area contributed by atoms with E-state index >= 15 is 0 Å². The second kappa shape index (κ2) is 13.5. The second-order valence-electron chi connectivity index (χ2n) is 4.15. The highest BCUT2D eigenvalue weighted by Gasteiger charge is 2.10. The van der Waals surface area contributed by atoms with Crippen LogP contribution in [-0.2, 0) is 0 Å². The lowest BCUT2D eigenvalue weighted by Crippen LogP contribution is -2.18. The van der Waals surface area contributed by atoms with Gasteiger partial charge in [-0.2, -0.15) is 0 Å². The Hall–Kier alpha value is -2.91. The standard InChI is InChI=1S/C15H15N5O.2C2H6/c16-8-9-18-13-10-19-14(15(17)21)12(20-13)7-6-11-4-2-1-3-5-11;2*1-2/h1-5,10H,8-9,16H2,(H2,17,21)(H,18,20);2*1-2H3. The molecule has 0 aliphatic rings. The van der Waals surface area contributed by atoms with Gasteiger partial charge in [-0.25, -0.2) is 9.97 Å². The van der Waals surface area contributed by atoms with Crippen LogP contribution in [0, 0.1) is 11.8 Å². The molecule has 6 heteroatoms. The quantitative estimate of drug-likeness (QED) is 0.740. The third-order valence-corrected chi connectivity index (χ3v) is 2.56. The number of hydrogen-bond donors (Lipinski definition) is 3. The lowest BCUT2D eigenvalue weighted by molar-refractivity contribution is 0.0995. The molecule has 25 heavy (non-hydrogen) atoms. The summed E-state index contributed by atoms with van der Waals surface area (Å²) in [5.74, 6) is 5.60. The predicted octanol–water partition coefficient (Wildman–Crippen LogP) is 2.40. The third kappa shape index (κ3) is 7.95. The van der Waals surface area contributed by atoms with Gasteiger partial charge in [0.2, 0.25) is 0 Å². The van der Waals surface area contributed by atoms with Crippen LogP contribution in [0.3, 0.4) is 0 Å². The smallest absolute Gasteiger partial charge is 0.270 e. The Balaban J connectivity index is 0.00000134. The molecule has 0 fully saturated rings. The van der Waals surface area contributed by atoms with E-state index < -0.39 is 5.91 Å². The largest absolute Gasteiger partial charge is 0.367 e. The van der Waals surface area contributed by atoms with Gasteiger partial charge in [-0.05, 0) is 18.1 Å². The number of nitrogens with one attached hydrogen (secondary N) is 1. The summed E-state index contributed by atoms with van der Waals surface area (Å²) in [7, 11) is 0. The van der Waals surface area contributed by atoms with Crippen molar-refractivity contribution in [2.75, 3.05) is 18.4 Å². The van der Waals surface area contributed by atoms with E-state index in [2.05, 4.69) is 27.1 Å². The maximum atomic E-state index is 11.4. The van der Waals surface area contributed by atoms with Crippen LogP contribution in [0.2, 0.25) is 0 Å². The van der Waals surface area contributed by atoms with E-state index in [1.807, 2.05) is 58.0 Å². The highest BCUT2D eigenvalue weighted by atomic mass is 16.1. The maximum absolute atomic E-state index is 11.4. The molecule has 0 saturated heterocycles. The number of hydrogen-bond acceptors (Lipinski definition) is 5. The van der Waals surface area contributed by atoms with Crippen LogP contribution in [0.4, 0.5) is 5.82 Å². The van der Waals surface area contributed by atoms with Gasteiger partial charge in [0.15, 0.2) is 5.69 Å². The molecule has 2 rings (SSSR count). The fourth-order valence-electron chi connectivity index (χ4n) is 1.59. The topological polar surface area (TPSA) is 107 Å². The lowest BCUT2D eigenvalue weighted by atomic mass is 10.2. The van der Waals surface area contributed by atoms with Crippen molar-refractivity contribution in [3.05, 3.63) is 53.5 Å². The van der Waals surface area contributed by atoms with E-state index in [9.17, 15) is 4.79 Å². The van der Waals surface area contributed by atoms with Crippen LogP contribution in [-0.4, -0.2) is 29.0 Å². The Morgan fingerprint density at radius 3 is 2.32 bits per heavy atom. The molecular formula is C19H27N5O. The first kappa shape index (κ1) is 22.1. The monoisotopic (exact) mass is 341 g/mol. The van der Waals surface area contributed by atoms with E-state index in [0.29, 0.717) is 18.9 Å². The summed E-state index contributed by atoms with van der Waals surface area (Å²) in [5, 5.41) is 2.98. The molecule has 0 aliphatic carbocycles. The van der Waals surface area contributed by atoms with E-state index in [0.717, 1.165) is 5.56 Å². The van der Waals surface area contributed by atoms with Crippen LogP contribution < -0.4 is 16.8 Å². The zero-order valence-corrected chi connectivity index (χ0v) is 15.3. The average molecular weight is 341 g/mol. The average Bonchev–Trinajstić information content (AvgIpc) is 2.68. The van der Waals surface area contributed by atoms with Gasteiger partial charge in [0, 0.05) is 18.7 Å². The normalized spacial score (nSPS) is 8.52. The van der Waals surface area contributed by atoms with Crippen LogP contribution in [0.1, 0.15) is 49.4 Å². The summed E-state index contributed by atoms with van der Waals surface area (Å²) >= 11 is 0. The fraction of sp³-hybridized carbons (Fsp3) is 0.316. The number of anilines is 1. The van der Waals surface area contributed by atoms with Gasteiger partial charge in [0.1, 0.15) is 11.5 Å². The van der Waals surface area contributed by atoms with Crippen LogP contribution >= 0.6 is 0 Å². The van der Waals surface area contributed by atoms with Crippen LogP contribution in [0.25, 0.3) is 0 Å². The number of amides is 1. The molecule has 134 valence electrons. The number of rotatable bonds is 4. The number of aromatic nitrogens is 2. The number of nitrogens with two attached hydrogens (primary N) is 2. The van der Waals surface area contributed by atoms with E-state index in [4.69, 9.17) is 11.5 Å². The van der Waals surface area contributed by atoms with Crippen molar-refractivity contribution >= 4 is 11.7 Å².